The van der Waals surface area contributed by atoms with Gasteiger partial charge in [0, 0.05) is 32.9 Å². The molecule has 0 atom stereocenters. The van der Waals surface area contributed by atoms with Gasteiger partial charge in [0.2, 0.25) is 16.6 Å². The Balaban J connectivity index is 0.762. The summed E-state index contributed by atoms with van der Waals surface area (Å²) in [6.45, 7) is 13.6. The first-order valence-electron chi connectivity index (χ1n) is 22.6. The molecule has 0 aliphatic carbocycles. The largest absolute Gasteiger partial charge is 0.433 e. The van der Waals surface area contributed by atoms with Crippen LogP contribution in [0.25, 0.3) is 79.3 Å². The molecule has 7 heteroatoms. The normalized spacial score (nSPS) is 12.8. The van der Waals surface area contributed by atoms with Crippen LogP contribution in [0.15, 0.2) is 194 Å². The first kappa shape index (κ1) is 42.4. The Hall–Kier alpha value is -6.59. The van der Waals surface area contributed by atoms with E-state index in [1.54, 1.807) is 0 Å². The third kappa shape index (κ3) is 8.57. The molecule has 10 aromatic rings. The zero-order valence-electron chi connectivity index (χ0n) is 38.0. The highest BCUT2D eigenvalue weighted by Crippen LogP contribution is 2.33. The molecule has 2 aromatic heterocycles. The summed E-state index contributed by atoms with van der Waals surface area (Å²) in [5.41, 5.74) is 11.9. The summed E-state index contributed by atoms with van der Waals surface area (Å²) in [6, 6.07) is 70.1. The Kier molecular flexibility index (Phi) is 11.1. The number of hydrogen-bond donors (Lipinski definition) is 0. The van der Waals surface area contributed by atoms with E-state index in [-0.39, 0.29) is 0 Å². The second-order valence-electron chi connectivity index (χ2n) is 18.5. The number of aromatic nitrogens is 2. The highest BCUT2D eigenvalue weighted by atomic mass is 28.5. The van der Waals surface area contributed by atoms with Crippen molar-refractivity contribution in [2.45, 2.75) is 39.3 Å². The van der Waals surface area contributed by atoms with Crippen LogP contribution in [-0.4, -0.2) is 34.3 Å². The van der Waals surface area contributed by atoms with E-state index in [0.29, 0.717) is 0 Å². The van der Waals surface area contributed by atoms with Gasteiger partial charge in [0.15, 0.2) is 0 Å². The van der Waals surface area contributed by atoms with E-state index in [1.807, 2.05) is 0 Å². The zero-order chi connectivity index (χ0) is 44.8. The number of nitrogens with zero attached hydrogens (tertiary/aromatic N) is 2. The maximum atomic E-state index is 7.08. The summed E-state index contributed by atoms with van der Waals surface area (Å²) in [6.07, 6.45) is 8.76. The molecule has 0 radical (unpaired) electrons. The monoisotopic (exact) mass is 894 g/mol. The van der Waals surface area contributed by atoms with E-state index >= 15 is 0 Å². The van der Waals surface area contributed by atoms with Crippen molar-refractivity contribution in [1.29, 1.82) is 0 Å². The number of hydrogen-bond acceptors (Lipinski definition) is 2. The average molecular weight is 895 g/mol. The van der Waals surface area contributed by atoms with Crippen LogP contribution in [0.4, 0.5) is 0 Å². The molecule has 65 heavy (non-hydrogen) atoms. The highest BCUT2D eigenvalue weighted by Gasteiger charge is 2.41. The van der Waals surface area contributed by atoms with E-state index in [2.05, 4.69) is 267 Å². The van der Waals surface area contributed by atoms with E-state index < -0.39 is 25.2 Å². The molecule has 0 aliphatic heterocycles. The van der Waals surface area contributed by atoms with Crippen LogP contribution in [0.1, 0.15) is 22.3 Å². The van der Waals surface area contributed by atoms with Crippen LogP contribution < -0.4 is 10.4 Å². The van der Waals surface area contributed by atoms with Crippen LogP contribution in [0.2, 0.25) is 39.3 Å². The van der Waals surface area contributed by atoms with Crippen molar-refractivity contribution in [1.82, 2.24) is 9.13 Å². The molecule has 4 nitrogen and oxygen atoms in total. The molecule has 10 rings (SSSR count). The number of fused-ring (bicyclic) bond motifs is 6. The molecule has 0 saturated carbocycles. The summed E-state index contributed by atoms with van der Waals surface area (Å²) in [5.74, 6) is 0. The summed E-state index contributed by atoms with van der Waals surface area (Å²) in [4.78, 5) is 0. The summed E-state index contributed by atoms with van der Waals surface area (Å²) in [5, 5.41) is 7.64. The molecule has 8 aromatic carbocycles. The van der Waals surface area contributed by atoms with Crippen molar-refractivity contribution < 1.29 is 8.23 Å². The molecule has 0 aliphatic rings. The van der Waals surface area contributed by atoms with Crippen LogP contribution in [0, 0.1) is 0 Å². The summed E-state index contributed by atoms with van der Waals surface area (Å²) < 4.78 is 18.9. The maximum absolute atomic E-state index is 7.08. The van der Waals surface area contributed by atoms with Crippen molar-refractivity contribution in [2.24, 2.45) is 0 Å². The quantitative estimate of drug-likeness (QED) is 0.0903. The van der Waals surface area contributed by atoms with Gasteiger partial charge in [-0.05, 0) is 120 Å². The number of rotatable bonds is 12. The van der Waals surface area contributed by atoms with Gasteiger partial charge in [0.25, 0.3) is 0 Å². The van der Waals surface area contributed by atoms with Gasteiger partial charge >= 0.3 is 8.56 Å². The Bertz CT molecular complexity index is 3040. The van der Waals surface area contributed by atoms with Gasteiger partial charge in [-0.3, -0.25) is 0 Å². The first-order valence-corrected chi connectivity index (χ1v) is 31.2. The van der Waals surface area contributed by atoms with Crippen molar-refractivity contribution in [2.75, 3.05) is 0 Å². The highest BCUT2D eigenvalue weighted by molar-refractivity contribution is 6.95. The molecule has 0 saturated heterocycles. The van der Waals surface area contributed by atoms with Gasteiger partial charge in [-0.2, -0.15) is 0 Å². The summed E-state index contributed by atoms with van der Waals surface area (Å²) >= 11 is 0. The Morgan fingerprint density at radius 3 is 0.831 bits per heavy atom. The van der Waals surface area contributed by atoms with Gasteiger partial charge in [-0.15, -0.1) is 0 Å². The standard InChI is InChI=1S/C58H54N2O2Si3/c1-63(2,49-39-31-45(32-40-49)25-23-43-27-35-47(36-28-43)59-55-19-11-7-15-51(55)52-16-8-12-20-56(52)59)61-65(5,6)62-64(3,4)50-41-33-46(34-42-50)26-24-44-29-37-48(38-30-44)60-57-21-13-9-17-53(57)54-18-10-14-22-58(54)60/h7-42H,1-6H3. The molecule has 2 heterocycles. The SMILES string of the molecule is C[Si](C)(O[Si](C)(C)c1ccc(C=Cc2ccc(-n3c4ccccc4c4ccccc43)cc2)cc1)O[Si](C)(C)c1ccc(C=Cc2ccc(-n3c4ccccc4c4ccccc43)cc2)cc1. The molecule has 0 spiro atoms. The molecule has 0 bridgehead atoms. The first-order chi connectivity index (χ1) is 31.4. The second-order valence-corrected chi connectivity index (χ2v) is 30.1. The third-order valence-corrected chi connectivity index (χ3v) is 24.1. The molecule has 0 unspecified atom stereocenters. The smallest absolute Gasteiger partial charge is 0.311 e. The Morgan fingerprint density at radius 2 is 0.554 bits per heavy atom. The fourth-order valence-electron chi connectivity index (χ4n) is 9.61. The van der Waals surface area contributed by atoms with E-state index in [9.17, 15) is 0 Å². The lowest BCUT2D eigenvalue weighted by Crippen LogP contribution is -2.59. The van der Waals surface area contributed by atoms with Crippen LogP contribution in [-0.2, 0) is 8.23 Å². The topological polar surface area (TPSA) is 28.3 Å². The molecule has 0 fully saturated rings. The molecule has 0 amide bonds. The van der Waals surface area contributed by atoms with Gasteiger partial charge in [0.1, 0.15) is 0 Å². The van der Waals surface area contributed by atoms with Crippen molar-refractivity contribution in [3.8, 4) is 11.4 Å². The predicted molar refractivity (Wildman–Crippen MR) is 286 cm³/mol. The third-order valence-electron chi connectivity index (χ3n) is 12.6. The van der Waals surface area contributed by atoms with E-state index in [4.69, 9.17) is 8.23 Å². The molecule has 0 N–H and O–H groups in total. The van der Waals surface area contributed by atoms with Gasteiger partial charge in [0.05, 0.1) is 22.1 Å². The van der Waals surface area contributed by atoms with Crippen molar-refractivity contribution in [3.05, 3.63) is 216 Å². The average Bonchev–Trinajstić information content (AvgIpc) is 3.83. The Labute approximate surface area is 385 Å². The van der Waals surface area contributed by atoms with E-state index in [1.165, 1.54) is 54.0 Å². The van der Waals surface area contributed by atoms with Crippen molar-refractivity contribution >= 4 is 103 Å². The maximum Gasteiger partial charge on any atom is 0.311 e. The minimum Gasteiger partial charge on any atom is -0.433 e. The lowest BCUT2D eigenvalue weighted by molar-refractivity contribution is 0.401. The van der Waals surface area contributed by atoms with Crippen molar-refractivity contribution in [3.63, 3.8) is 0 Å². The minimum atomic E-state index is -2.50. The minimum absolute atomic E-state index is 1.16. The number of para-hydroxylation sites is 4. The number of benzene rings is 8. The molecule has 320 valence electrons. The predicted octanol–water partition coefficient (Wildman–Crippen LogP) is 14.5. The fraction of sp³-hybridized carbons (Fsp3) is 0.103. The van der Waals surface area contributed by atoms with Gasteiger partial charge in [-0.1, -0.05) is 170 Å². The second kappa shape index (κ2) is 17.1. The van der Waals surface area contributed by atoms with Crippen LogP contribution in [0.3, 0.4) is 0 Å². The van der Waals surface area contributed by atoms with E-state index in [0.717, 1.165) is 33.6 Å². The lowest BCUT2D eigenvalue weighted by atomic mass is 10.1. The molecular weight excluding hydrogens is 841 g/mol. The van der Waals surface area contributed by atoms with Gasteiger partial charge in [-0.25, -0.2) is 0 Å². The fourth-order valence-corrected chi connectivity index (χ4v) is 22.9. The summed E-state index contributed by atoms with van der Waals surface area (Å²) in [7, 11) is -7.05. The van der Waals surface area contributed by atoms with Crippen LogP contribution >= 0.6 is 0 Å². The Morgan fingerprint density at radius 1 is 0.308 bits per heavy atom. The lowest BCUT2D eigenvalue weighted by Gasteiger charge is -2.39. The zero-order valence-corrected chi connectivity index (χ0v) is 41.0. The molecular formula is C58H54N2O2Si3. The van der Waals surface area contributed by atoms with Crippen LogP contribution in [0.5, 0.6) is 0 Å². The van der Waals surface area contributed by atoms with Gasteiger partial charge < -0.3 is 17.4 Å².